The van der Waals surface area contributed by atoms with E-state index in [1.807, 2.05) is 37.3 Å². The Morgan fingerprint density at radius 1 is 1.14 bits per heavy atom. The number of pyridine rings is 2. The van der Waals surface area contributed by atoms with Gasteiger partial charge in [-0.15, -0.1) is 0 Å². The number of amides is 1. The Hall–Kier alpha value is -4.44. The molecule has 0 atom stereocenters. The molecule has 3 aromatic heterocycles. The molecule has 0 spiro atoms. The van der Waals surface area contributed by atoms with Gasteiger partial charge in [0.15, 0.2) is 0 Å². The maximum atomic E-state index is 12.4. The van der Waals surface area contributed by atoms with Crippen LogP contribution in [0.25, 0.3) is 22.2 Å². The average Bonchev–Trinajstić information content (AvgIpc) is 2.88. The van der Waals surface area contributed by atoms with Gasteiger partial charge >= 0.3 is 0 Å². The highest BCUT2D eigenvalue weighted by Gasteiger charge is 2.26. The lowest BCUT2D eigenvalue weighted by molar-refractivity contribution is -0.111. The summed E-state index contributed by atoms with van der Waals surface area (Å²) in [7, 11) is 0. The number of anilines is 4. The summed E-state index contributed by atoms with van der Waals surface area (Å²) in [6.45, 7) is 7.29. The van der Waals surface area contributed by atoms with Crippen LogP contribution in [-0.2, 0) is 4.79 Å². The summed E-state index contributed by atoms with van der Waals surface area (Å²) < 4.78 is 12.4. The topological polar surface area (TPSA) is 108 Å². The van der Waals surface area contributed by atoms with Crippen molar-refractivity contribution in [2.45, 2.75) is 13.0 Å². The number of halogens is 1. The Bertz CT molecular complexity index is 1440. The molecule has 0 unspecified atom stereocenters. The van der Waals surface area contributed by atoms with E-state index in [4.69, 9.17) is 4.98 Å². The number of nitrogens with zero attached hydrogens (tertiary/aromatic N) is 5. The molecule has 1 aromatic carbocycles. The number of hydrogen-bond donors (Lipinski definition) is 3. The predicted octanol–water partition coefficient (Wildman–Crippen LogP) is 4.33. The smallest absolute Gasteiger partial charge is 0.247 e. The molecule has 3 N–H and O–H groups in total. The van der Waals surface area contributed by atoms with Crippen molar-refractivity contribution in [3.8, 4) is 11.3 Å². The van der Waals surface area contributed by atoms with Crippen LogP contribution in [0.2, 0.25) is 0 Å². The summed E-state index contributed by atoms with van der Waals surface area (Å²) in [6.07, 6.45) is 6.36. The lowest BCUT2D eigenvalue weighted by Gasteiger charge is -2.39. The fourth-order valence-electron chi connectivity index (χ4n) is 4.27. The van der Waals surface area contributed by atoms with E-state index < -0.39 is 0 Å². The van der Waals surface area contributed by atoms with Crippen molar-refractivity contribution < 1.29 is 9.18 Å². The van der Waals surface area contributed by atoms with Crippen LogP contribution < -0.4 is 16.0 Å². The van der Waals surface area contributed by atoms with Crippen LogP contribution in [0.15, 0.2) is 67.6 Å². The van der Waals surface area contributed by atoms with Crippen molar-refractivity contribution in [2.75, 3.05) is 42.3 Å². The molecule has 1 aliphatic rings. The summed E-state index contributed by atoms with van der Waals surface area (Å²) in [5.41, 5.74) is 4.65. The minimum absolute atomic E-state index is 0.278. The maximum absolute atomic E-state index is 12.4. The second-order valence-corrected chi connectivity index (χ2v) is 8.86. The first-order valence-corrected chi connectivity index (χ1v) is 12.0. The number of benzene rings is 1. The Balaban J connectivity index is 1.36. The van der Waals surface area contributed by atoms with Gasteiger partial charge in [0.25, 0.3) is 0 Å². The van der Waals surface area contributed by atoms with Gasteiger partial charge in [-0.3, -0.25) is 14.7 Å². The van der Waals surface area contributed by atoms with E-state index in [-0.39, 0.29) is 18.6 Å². The largest absolute Gasteiger partial charge is 0.365 e. The molecule has 0 radical (unpaired) electrons. The van der Waals surface area contributed by atoms with Gasteiger partial charge in [0.05, 0.1) is 29.1 Å². The van der Waals surface area contributed by atoms with Gasteiger partial charge in [-0.2, -0.15) is 0 Å². The Morgan fingerprint density at radius 2 is 2.00 bits per heavy atom. The van der Waals surface area contributed by atoms with E-state index >= 15 is 0 Å². The van der Waals surface area contributed by atoms with Gasteiger partial charge < -0.3 is 16.0 Å². The van der Waals surface area contributed by atoms with Crippen molar-refractivity contribution in [3.63, 3.8) is 0 Å². The van der Waals surface area contributed by atoms with Gasteiger partial charge in [0.2, 0.25) is 11.9 Å². The number of alkyl halides is 1. The van der Waals surface area contributed by atoms with Gasteiger partial charge in [-0.25, -0.2) is 19.3 Å². The first-order valence-electron chi connectivity index (χ1n) is 12.0. The second-order valence-electron chi connectivity index (χ2n) is 8.86. The minimum atomic E-state index is -0.319. The lowest BCUT2D eigenvalue weighted by Crippen LogP contribution is -2.55. The third-order valence-corrected chi connectivity index (χ3v) is 6.16. The van der Waals surface area contributed by atoms with Gasteiger partial charge in [-0.05, 0) is 42.8 Å². The molecule has 1 amide bonds. The van der Waals surface area contributed by atoms with Crippen molar-refractivity contribution in [1.82, 2.24) is 24.8 Å². The summed E-state index contributed by atoms with van der Waals surface area (Å²) in [6, 6.07) is 11.6. The molecule has 10 heteroatoms. The van der Waals surface area contributed by atoms with Crippen molar-refractivity contribution in [1.29, 1.82) is 0 Å². The Kier molecular flexibility index (Phi) is 7.00. The van der Waals surface area contributed by atoms with E-state index in [2.05, 4.69) is 42.4 Å². The highest BCUT2D eigenvalue weighted by molar-refractivity contribution is 6.00. The van der Waals surface area contributed by atoms with Gasteiger partial charge in [-0.1, -0.05) is 18.7 Å². The van der Waals surface area contributed by atoms with Gasteiger partial charge in [0.1, 0.15) is 12.5 Å². The molecule has 188 valence electrons. The van der Waals surface area contributed by atoms with Crippen molar-refractivity contribution >= 4 is 40.0 Å². The monoisotopic (exact) mass is 498 g/mol. The van der Waals surface area contributed by atoms with E-state index in [0.717, 1.165) is 46.6 Å². The number of aryl methyl sites for hydroxylation is 1. The summed E-state index contributed by atoms with van der Waals surface area (Å²) in [5, 5.41) is 10.2. The zero-order valence-corrected chi connectivity index (χ0v) is 20.4. The maximum Gasteiger partial charge on any atom is 0.247 e. The van der Waals surface area contributed by atoms with E-state index in [1.165, 1.54) is 6.08 Å². The number of likely N-dealkylation sites (tertiary alicyclic amines) is 1. The highest BCUT2D eigenvalue weighted by atomic mass is 19.1. The number of fused-ring (bicyclic) bond motifs is 1. The van der Waals surface area contributed by atoms with Crippen LogP contribution in [-0.4, -0.2) is 63.1 Å². The van der Waals surface area contributed by atoms with E-state index in [9.17, 15) is 9.18 Å². The van der Waals surface area contributed by atoms with Crippen molar-refractivity contribution in [2.24, 2.45) is 0 Å². The van der Waals surface area contributed by atoms with Gasteiger partial charge in [0, 0.05) is 48.7 Å². The number of hydrogen-bond acceptors (Lipinski definition) is 8. The zero-order chi connectivity index (χ0) is 25.8. The Labute approximate surface area is 213 Å². The summed E-state index contributed by atoms with van der Waals surface area (Å²) in [4.78, 5) is 32.1. The fourth-order valence-corrected chi connectivity index (χ4v) is 4.27. The average molecular weight is 499 g/mol. The van der Waals surface area contributed by atoms with E-state index in [1.54, 1.807) is 24.7 Å². The molecule has 1 aliphatic heterocycles. The molecule has 37 heavy (non-hydrogen) atoms. The zero-order valence-electron chi connectivity index (χ0n) is 20.4. The molecule has 0 saturated carbocycles. The predicted molar refractivity (Wildman–Crippen MR) is 144 cm³/mol. The molecule has 1 saturated heterocycles. The number of carbonyl (C=O) groups is 1. The fraction of sp³-hybridized carbons (Fsp3) is 0.222. The molecule has 0 aliphatic carbocycles. The third-order valence-electron chi connectivity index (χ3n) is 6.16. The van der Waals surface area contributed by atoms with Crippen LogP contribution in [0.3, 0.4) is 0 Å². The van der Waals surface area contributed by atoms with Crippen LogP contribution in [0.5, 0.6) is 0 Å². The lowest BCUT2D eigenvalue weighted by atomic mass is 10.0. The standard InChI is InChI=1S/C27H27FN8O/c1-3-24(37)33-19-8-10-29-22(12-19)25-17(2)4-5-18-13-31-27(35-26(18)25)34-20-6-7-23(30-14-20)32-21-15-36(16-21)11-9-28/h3-8,10,12-14,21H,1,9,11,15-16H2,2H3,(H,30,32)(H,29,33,37)(H,31,34,35). The Morgan fingerprint density at radius 3 is 2.76 bits per heavy atom. The molecular formula is C27H27FN8O. The molecule has 1 fully saturated rings. The molecule has 4 aromatic rings. The molecule has 9 nitrogen and oxygen atoms in total. The first kappa shape index (κ1) is 24.3. The first-order chi connectivity index (χ1) is 18.0. The number of nitrogens with one attached hydrogen (secondary N) is 3. The quantitative estimate of drug-likeness (QED) is 0.293. The number of aromatic nitrogens is 4. The van der Waals surface area contributed by atoms with Crippen LogP contribution in [0, 0.1) is 6.92 Å². The third kappa shape index (κ3) is 5.54. The molecular weight excluding hydrogens is 471 g/mol. The number of carbonyl (C=O) groups excluding carboxylic acids is 1. The molecule has 5 rings (SSSR count). The minimum Gasteiger partial charge on any atom is -0.365 e. The molecule has 0 bridgehead atoms. The van der Waals surface area contributed by atoms with E-state index in [0.29, 0.717) is 23.9 Å². The molecule has 4 heterocycles. The summed E-state index contributed by atoms with van der Waals surface area (Å²) in [5.74, 6) is 0.906. The second kappa shape index (κ2) is 10.7. The van der Waals surface area contributed by atoms with Crippen LogP contribution in [0.4, 0.5) is 27.5 Å². The number of rotatable bonds is 9. The summed E-state index contributed by atoms with van der Waals surface area (Å²) >= 11 is 0. The van der Waals surface area contributed by atoms with Crippen LogP contribution in [0.1, 0.15) is 5.56 Å². The van der Waals surface area contributed by atoms with Crippen LogP contribution >= 0.6 is 0 Å². The SMILES string of the molecule is C=CC(=O)Nc1ccnc(-c2c(C)ccc3cnc(Nc4ccc(NC5CN(CCF)C5)nc4)nc23)c1. The highest BCUT2D eigenvalue weighted by Crippen LogP contribution is 2.31. The van der Waals surface area contributed by atoms with Crippen molar-refractivity contribution in [3.05, 3.63) is 73.2 Å². The normalized spacial score (nSPS) is 13.7.